The Balaban J connectivity index is 1.73. The van der Waals surface area contributed by atoms with Crippen LogP contribution in [0.15, 0.2) is 30.3 Å². The molecule has 0 bridgehead atoms. The van der Waals surface area contributed by atoms with Crippen LogP contribution in [0.1, 0.15) is 44.7 Å². The summed E-state index contributed by atoms with van der Waals surface area (Å²) in [6.07, 6.45) is 4.12. The topological polar surface area (TPSA) is 15.3 Å². The normalized spacial score (nSPS) is 32.4. The molecule has 0 radical (unpaired) electrons. The second kappa shape index (κ2) is 5.26. The second-order valence-corrected chi connectivity index (χ2v) is 6.54. The van der Waals surface area contributed by atoms with E-state index in [4.69, 9.17) is 0 Å². The first-order chi connectivity index (χ1) is 9.21. The quantitative estimate of drug-likeness (QED) is 0.892. The SMILES string of the molecule is CCC1(C)CNC(c2ccccc2)CN1CC1CC1. The predicted octanol–water partition coefficient (Wildman–Crippen LogP) is 3.21. The summed E-state index contributed by atoms with van der Waals surface area (Å²) in [5, 5.41) is 3.76. The minimum absolute atomic E-state index is 0.341. The van der Waals surface area contributed by atoms with Gasteiger partial charge in [0.1, 0.15) is 0 Å². The Morgan fingerprint density at radius 3 is 2.63 bits per heavy atom. The molecule has 2 aliphatic rings. The van der Waals surface area contributed by atoms with Crippen molar-refractivity contribution in [1.29, 1.82) is 0 Å². The number of benzene rings is 1. The fourth-order valence-corrected chi connectivity index (χ4v) is 3.12. The maximum absolute atomic E-state index is 3.76. The van der Waals surface area contributed by atoms with Crippen LogP contribution in [0.5, 0.6) is 0 Å². The third-order valence-electron chi connectivity index (χ3n) is 5.03. The number of nitrogens with one attached hydrogen (secondary N) is 1. The highest BCUT2D eigenvalue weighted by atomic mass is 15.3. The fraction of sp³-hybridized carbons (Fsp3) is 0.647. The van der Waals surface area contributed by atoms with Crippen molar-refractivity contribution < 1.29 is 0 Å². The van der Waals surface area contributed by atoms with Gasteiger partial charge in [0.2, 0.25) is 0 Å². The van der Waals surface area contributed by atoms with Crippen LogP contribution < -0.4 is 5.32 Å². The average molecular weight is 258 g/mol. The van der Waals surface area contributed by atoms with E-state index in [1.165, 1.54) is 31.4 Å². The minimum atomic E-state index is 0.341. The number of piperazine rings is 1. The molecule has 2 heteroatoms. The highest BCUT2D eigenvalue weighted by Crippen LogP contribution is 2.35. The molecular formula is C17H26N2. The van der Waals surface area contributed by atoms with Gasteiger partial charge in [0.05, 0.1) is 0 Å². The maximum Gasteiger partial charge on any atom is 0.0450 e. The van der Waals surface area contributed by atoms with Gasteiger partial charge in [-0.05, 0) is 37.7 Å². The summed E-state index contributed by atoms with van der Waals surface area (Å²) in [5.41, 5.74) is 1.77. The molecule has 19 heavy (non-hydrogen) atoms. The first kappa shape index (κ1) is 13.1. The van der Waals surface area contributed by atoms with Crippen LogP contribution in [-0.4, -0.2) is 30.1 Å². The molecule has 0 spiro atoms. The van der Waals surface area contributed by atoms with E-state index in [0.29, 0.717) is 11.6 Å². The Morgan fingerprint density at radius 2 is 2.00 bits per heavy atom. The summed E-state index contributed by atoms with van der Waals surface area (Å²) in [6, 6.07) is 11.4. The fourth-order valence-electron chi connectivity index (χ4n) is 3.12. The summed E-state index contributed by atoms with van der Waals surface area (Å²) in [5.74, 6) is 0.973. The number of rotatable bonds is 4. The van der Waals surface area contributed by atoms with Crippen molar-refractivity contribution in [3.63, 3.8) is 0 Å². The number of nitrogens with zero attached hydrogens (tertiary/aromatic N) is 1. The molecule has 1 aromatic carbocycles. The van der Waals surface area contributed by atoms with Gasteiger partial charge in [-0.1, -0.05) is 37.3 Å². The van der Waals surface area contributed by atoms with E-state index in [2.05, 4.69) is 54.4 Å². The zero-order chi connectivity index (χ0) is 13.3. The van der Waals surface area contributed by atoms with E-state index >= 15 is 0 Å². The molecule has 1 heterocycles. The Bertz CT molecular complexity index is 413. The third-order valence-corrected chi connectivity index (χ3v) is 5.03. The van der Waals surface area contributed by atoms with Crippen molar-refractivity contribution in [2.75, 3.05) is 19.6 Å². The molecule has 2 fully saturated rings. The van der Waals surface area contributed by atoms with Crippen molar-refractivity contribution in [1.82, 2.24) is 10.2 Å². The first-order valence-electron chi connectivity index (χ1n) is 7.74. The molecule has 2 unspecified atom stereocenters. The third kappa shape index (κ3) is 2.85. The zero-order valence-electron chi connectivity index (χ0n) is 12.2. The number of hydrogen-bond donors (Lipinski definition) is 1. The standard InChI is InChI=1S/C17H26N2/c1-3-17(2)13-18-16(15-7-5-4-6-8-15)12-19(17)11-14-9-10-14/h4-8,14,16,18H,3,9-13H2,1-2H3. The molecule has 0 aromatic heterocycles. The lowest BCUT2D eigenvalue weighted by Gasteiger charge is -2.48. The van der Waals surface area contributed by atoms with Gasteiger partial charge in [-0.25, -0.2) is 0 Å². The molecule has 3 rings (SSSR count). The van der Waals surface area contributed by atoms with Crippen LogP contribution in [0.4, 0.5) is 0 Å². The monoisotopic (exact) mass is 258 g/mol. The summed E-state index contributed by atoms with van der Waals surface area (Å²) >= 11 is 0. The van der Waals surface area contributed by atoms with Crippen molar-refractivity contribution >= 4 is 0 Å². The van der Waals surface area contributed by atoms with Crippen LogP contribution in [-0.2, 0) is 0 Å². The van der Waals surface area contributed by atoms with Crippen LogP contribution >= 0.6 is 0 Å². The molecule has 0 amide bonds. The first-order valence-corrected chi connectivity index (χ1v) is 7.74. The van der Waals surface area contributed by atoms with Gasteiger partial charge < -0.3 is 5.32 Å². The average Bonchev–Trinajstić information content (AvgIpc) is 3.26. The second-order valence-electron chi connectivity index (χ2n) is 6.54. The van der Waals surface area contributed by atoms with Gasteiger partial charge in [-0.2, -0.15) is 0 Å². The van der Waals surface area contributed by atoms with E-state index in [1.54, 1.807) is 0 Å². The highest BCUT2D eigenvalue weighted by molar-refractivity contribution is 5.20. The molecule has 1 saturated carbocycles. The molecular weight excluding hydrogens is 232 g/mol. The molecule has 1 saturated heterocycles. The molecule has 104 valence electrons. The van der Waals surface area contributed by atoms with Crippen LogP contribution in [0.3, 0.4) is 0 Å². The Hall–Kier alpha value is -0.860. The molecule has 1 aromatic rings. The highest BCUT2D eigenvalue weighted by Gasteiger charge is 2.39. The largest absolute Gasteiger partial charge is 0.307 e. The minimum Gasteiger partial charge on any atom is -0.307 e. The Labute approximate surface area is 117 Å². The van der Waals surface area contributed by atoms with Crippen LogP contribution in [0.2, 0.25) is 0 Å². The summed E-state index contributed by atoms with van der Waals surface area (Å²) < 4.78 is 0. The number of hydrogen-bond acceptors (Lipinski definition) is 2. The van der Waals surface area contributed by atoms with Crippen LogP contribution in [0.25, 0.3) is 0 Å². The van der Waals surface area contributed by atoms with E-state index in [0.717, 1.165) is 19.0 Å². The predicted molar refractivity (Wildman–Crippen MR) is 80.2 cm³/mol. The lowest BCUT2D eigenvalue weighted by molar-refractivity contribution is 0.0444. The van der Waals surface area contributed by atoms with Crippen LogP contribution in [0, 0.1) is 5.92 Å². The van der Waals surface area contributed by atoms with E-state index < -0.39 is 0 Å². The molecule has 2 atom stereocenters. The zero-order valence-corrected chi connectivity index (χ0v) is 12.2. The van der Waals surface area contributed by atoms with Gasteiger partial charge >= 0.3 is 0 Å². The van der Waals surface area contributed by atoms with E-state index in [9.17, 15) is 0 Å². The van der Waals surface area contributed by atoms with Gasteiger partial charge in [0, 0.05) is 31.2 Å². The summed E-state index contributed by atoms with van der Waals surface area (Å²) in [4.78, 5) is 2.75. The smallest absolute Gasteiger partial charge is 0.0450 e. The molecule has 1 aliphatic carbocycles. The maximum atomic E-state index is 3.76. The molecule has 2 nitrogen and oxygen atoms in total. The van der Waals surface area contributed by atoms with Gasteiger partial charge in [-0.15, -0.1) is 0 Å². The van der Waals surface area contributed by atoms with E-state index in [1.807, 2.05) is 0 Å². The molecule has 1 N–H and O–H groups in total. The van der Waals surface area contributed by atoms with E-state index in [-0.39, 0.29) is 0 Å². The summed E-state index contributed by atoms with van der Waals surface area (Å²) in [7, 11) is 0. The van der Waals surface area contributed by atoms with Gasteiger partial charge in [0.15, 0.2) is 0 Å². The Kier molecular flexibility index (Phi) is 3.64. The van der Waals surface area contributed by atoms with Crippen molar-refractivity contribution in [2.24, 2.45) is 5.92 Å². The summed E-state index contributed by atoms with van der Waals surface area (Å²) in [6.45, 7) is 8.31. The van der Waals surface area contributed by atoms with Crippen molar-refractivity contribution in [2.45, 2.75) is 44.7 Å². The molecule has 1 aliphatic heterocycles. The van der Waals surface area contributed by atoms with Crippen molar-refractivity contribution in [3.05, 3.63) is 35.9 Å². The lowest BCUT2D eigenvalue weighted by Crippen LogP contribution is -2.60. The van der Waals surface area contributed by atoms with Gasteiger partial charge in [-0.3, -0.25) is 4.90 Å². The van der Waals surface area contributed by atoms with Crippen molar-refractivity contribution in [3.8, 4) is 0 Å². The van der Waals surface area contributed by atoms with Gasteiger partial charge in [0.25, 0.3) is 0 Å². The lowest BCUT2D eigenvalue weighted by atomic mass is 9.90. The Morgan fingerprint density at radius 1 is 1.26 bits per heavy atom.